The first-order chi connectivity index (χ1) is 17.6. The van der Waals surface area contributed by atoms with Gasteiger partial charge >= 0.3 is 5.97 Å². The molecule has 0 spiro atoms. The maximum absolute atomic E-state index is 12.0. The molecular formula is C30H27NO5. The summed E-state index contributed by atoms with van der Waals surface area (Å²) in [6, 6.07) is 30.4. The van der Waals surface area contributed by atoms with E-state index in [0.29, 0.717) is 12.2 Å². The van der Waals surface area contributed by atoms with Crippen LogP contribution in [0.1, 0.15) is 27.0 Å². The number of nitrogens with zero attached hydrogens (tertiary/aromatic N) is 1. The van der Waals surface area contributed by atoms with Gasteiger partial charge in [-0.05, 0) is 89.3 Å². The molecule has 36 heavy (non-hydrogen) atoms. The van der Waals surface area contributed by atoms with Crippen LogP contribution in [0.3, 0.4) is 0 Å². The Morgan fingerprint density at radius 3 is 2.36 bits per heavy atom. The van der Waals surface area contributed by atoms with Crippen molar-refractivity contribution in [2.24, 2.45) is 5.16 Å². The van der Waals surface area contributed by atoms with Crippen LogP contribution in [0.4, 0.5) is 0 Å². The molecule has 4 rings (SSSR count). The van der Waals surface area contributed by atoms with Gasteiger partial charge in [0.15, 0.2) is 0 Å². The Bertz CT molecular complexity index is 1320. The van der Waals surface area contributed by atoms with E-state index in [1.807, 2.05) is 67.6 Å². The third-order valence-corrected chi connectivity index (χ3v) is 5.52. The van der Waals surface area contributed by atoms with Crippen LogP contribution in [0.5, 0.6) is 11.5 Å². The molecule has 0 aliphatic carbocycles. The molecule has 0 saturated heterocycles. The summed E-state index contributed by atoms with van der Waals surface area (Å²) in [5.41, 5.74) is 5.64. The minimum Gasteiger partial charge on any atom is -0.490 e. The van der Waals surface area contributed by atoms with Crippen LogP contribution < -0.4 is 9.47 Å². The Kier molecular flexibility index (Phi) is 8.33. The summed E-state index contributed by atoms with van der Waals surface area (Å²) in [5.74, 6) is 1.10. The smallest absolute Gasteiger partial charge is 0.338 e. The van der Waals surface area contributed by atoms with Crippen LogP contribution in [0.25, 0.3) is 11.1 Å². The molecule has 0 unspecified atom stereocenters. The molecule has 6 nitrogen and oxygen atoms in total. The highest BCUT2D eigenvalue weighted by atomic mass is 16.6. The van der Waals surface area contributed by atoms with Gasteiger partial charge in [0.1, 0.15) is 31.3 Å². The van der Waals surface area contributed by atoms with Gasteiger partial charge in [-0.1, -0.05) is 47.6 Å². The van der Waals surface area contributed by atoms with Crippen LogP contribution in [-0.2, 0) is 11.3 Å². The van der Waals surface area contributed by atoms with Crippen molar-refractivity contribution in [1.82, 2.24) is 0 Å². The van der Waals surface area contributed by atoms with Crippen LogP contribution in [0.2, 0.25) is 0 Å². The zero-order valence-corrected chi connectivity index (χ0v) is 20.0. The van der Waals surface area contributed by atoms with Gasteiger partial charge in [0.05, 0.1) is 11.8 Å². The normalized spacial score (nSPS) is 10.8. The SMILES string of the molecule is Cc1cc(OCCOC(=O)c2ccccc2)ccc1-c1cccc(COc2ccc(/C=N/O)cc2)c1. The first-order valence-corrected chi connectivity index (χ1v) is 11.6. The van der Waals surface area contributed by atoms with E-state index < -0.39 is 0 Å². The summed E-state index contributed by atoms with van der Waals surface area (Å²) in [6.07, 6.45) is 1.37. The minimum atomic E-state index is -0.359. The van der Waals surface area contributed by atoms with Gasteiger partial charge in [0, 0.05) is 0 Å². The number of hydrogen-bond acceptors (Lipinski definition) is 6. The largest absolute Gasteiger partial charge is 0.490 e. The quantitative estimate of drug-likeness (QED) is 0.0948. The fraction of sp³-hybridized carbons (Fsp3) is 0.133. The van der Waals surface area contributed by atoms with E-state index in [4.69, 9.17) is 19.4 Å². The predicted octanol–water partition coefficient (Wildman–Crippen LogP) is 6.28. The lowest BCUT2D eigenvalue weighted by Crippen LogP contribution is -2.12. The molecule has 0 saturated carbocycles. The molecular weight excluding hydrogens is 454 g/mol. The standard InChI is InChI=1S/C30H27NO5/c1-22-18-28(34-16-17-35-30(32)25-7-3-2-4-8-25)14-15-29(22)26-9-5-6-24(19-26)21-36-27-12-10-23(11-13-27)20-31-33/h2-15,18-20,33H,16-17,21H2,1H3/b31-20+. The zero-order valence-electron chi connectivity index (χ0n) is 20.0. The Morgan fingerprint density at radius 2 is 1.61 bits per heavy atom. The van der Waals surface area contributed by atoms with E-state index in [1.54, 1.807) is 24.3 Å². The summed E-state index contributed by atoms with van der Waals surface area (Å²) >= 11 is 0. The van der Waals surface area contributed by atoms with Gasteiger partial charge in [-0.15, -0.1) is 0 Å². The van der Waals surface area contributed by atoms with E-state index in [1.165, 1.54) is 6.21 Å². The van der Waals surface area contributed by atoms with Crippen LogP contribution >= 0.6 is 0 Å². The molecule has 4 aromatic carbocycles. The van der Waals surface area contributed by atoms with Gasteiger partial charge in [0.25, 0.3) is 0 Å². The van der Waals surface area contributed by atoms with Gasteiger partial charge in [-0.3, -0.25) is 0 Å². The molecule has 0 heterocycles. The number of benzene rings is 4. The van der Waals surface area contributed by atoms with Crippen molar-refractivity contribution in [3.05, 3.63) is 119 Å². The van der Waals surface area contributed by atoms with Crippen molar-refractivity contribution in [3.8, 4) is 22.6 Å². The number of carbonyl (C=O) groups is 1. The van der Waals surface area contributed by atoms with Crippen LogP contribution in [-0.4, -0.2) is 30.6 Å². The Hall–Kier alpha value is -4.58. The first kappa shape index (κ1) is 24.5. The third kappa shape index (κ3) is 6.73. The van der Waals surface area contributed by atoms with Gasteiger partial charge in [-0.2, -0.15) is 0 Å². The van der Waals surface area contributed by atoms with E-state index in [9.17, 15) is 4.79 Å². The minimum absolute atomic E-state index is 0.175. The van der Waals surface area contributed by atoms with Gasteiger partial charge < -0.3 is 19.4 Å². The molecule has 0 atom stereocenters. The lowest BCUT2D eigenvalue weighted by Gasteiger charge is -2.12. The second-order valence-corrected chi connectivity index (χ2v) is 8.13. The highest BCUT2D eigenvalue weighted by molar-refractivity contribution is 5.89. The molecule has 0 fully saturated rings. The van der Waals surface area contributed by atoms with Crippen molar-refractivity contribution in [1.29, 1.82) is 0 Å². The van der Waals surface area contributed by atoms with Gasteiger partial charge in [0.2, 0.25) is 0 Å². The zero-order chi connectivity index (χ0) is 25.2. The summed E-state index contributed by atoms with van der Waals surface area (Å²) in [7, 11) is 0. The Balaban J connectivity index is 1.31. The van der Waals surface area contributed by atoms with E-state index >= 15 is 0 Å². The number of esters is 1. The van der Waals surface area contributed by atoms with Crippen LogP contribution in [0, 0.1) is 6.92 Å². The average molecular weight is 482 g/mol. The second kappa shape index (κ2) is 12.2. The third-order valence-electron chi connectivity index (χ3n) is 5.52. The van der Waals surface area contributed by atoms with Gasteiger partial charge in [-0.25, -0.2) is 4.79 Å². The van der Waals surface area contributed by atoms with Crippen molar-refractivity contribution in [3.63, 3.8) is 0 Å². The van der Waals surface area contributed by atoms with E-state index in [2.05, 4.69) is 17.3 Å². The summed E-state index contributed by atoms with van der Waals surface area (Å²) < 4.78 is 16.9. The van der Waals surface area contributed by atoms with Crippen molar-refractivity contribution in [2.75, 3.05) is 13.2 Å². The highest BCUT2D eigenvalue weighted by Crippen LogP contribution is 2.28. The number of ether oxygens (including phenoxy) is 3. The molecule has 1 N–H and O–H groups in total. The van der Waals surface area contributed by atoms with Crippen molar-refractivity contribution >= 4 is 12.2 Å². The highest BCUT2D eigenvalue weighted by Gasteiger charge is 2.08. The monoisotopic (exact) mass is 481 g/mol. The average Bonchev–Trinajstić information content (AvgIpc) is 2.91. The molecule has 0 bridgehead atoms. The number of aryl methyl sites for hydroxylation is 1. The number of carbonyl (C=O) groups excluding carboxylic acids is 1. The molecule has 6 heteroatoms. The second-order valence-electron chi connectivity index (χ2n) is 8.13. The maximum Gasteiger partial charge on any atom is 0.338 e. The fourth-order valence-corrected chi connectivity index (χ4v) is 3.71. The number of hydrogen-bond donors (Lipinski definition) is 1. The summed E-state index contributed by atoms with van der Waals surface area (Å²) in [4.78, 5) is 12.0. The van der Waals surface area contributed by atoms with E-state index in [-0.39, 0.29) is 19.2 Å². The molecule has 0 aliphatic rings. The maximum atomic E-state index is 12.0. The number of rotatable bonds is 10. The molecule has 0 aliphatic heterocycles. The molecule has 0 radical (unpaired) electrons. The number of oxime groups is 1. The Morgan fingerprint density at radius 1 is 0.833 bits per heavy atom. The van der Waals surface area contributed by atoms with Crippen LogP contribution in [0.15, 0.2) is 102 Å². The lowest BCUT2D eigenvalue weighted by molar-refractivity contribution is 0.0450. The predicted molar refractivity (Wildman–Crippen MR) is 139 cm³/mol. The molecule has 4 aromatic rings. The topological polar surface area (TPSA) is 77.4 Å². The molecule has 0 aromatic heterocycles. The lowest BCUT2D eigenvalue weighted by atomic mass is 9.99. The summed E-state index contributed by atoms with van der Waals surface area (Å²) in [5, 5.41) is 11.6. The molecule has 0 amide bonds. The summed E-state index contributed by atoms with van der Waals surface area (Å²) in [6.45, 7) is 2.92. The van der Waals surface area contributed by atoms with Crippen molar-refractivity contribution < 1.29 is 24.2 Å². The first-order valence-electron chi connectivity index (χ1n) is 11.6. The van der Waals surface area contributed by atoms with Crippen molar-refractivity contribution in [2.45, 2.75) is 13.5 Å². The Labute approximate surface area is 210 Å². The molecule has 182 valence electrons. The van der Waals surface area contributed by atoms with E-state index in [0.717, 1.165) is 39.3 Å². The fourth-order valence-electron chi connectivity index (χ4n) is 3.71.